The molecule has 0 fully saturated rings. The lowest BCUT2D eigenvalue weighted by molar-refractivity contribution is -0.161. The van der Waals surface area contributed by atoms with Gasteiger partial charge in [0.05, 0.1) is 13.2 Å². The fourth-order valence-corrected chi connectivity index (χ4v) is 8.94. The lowest BCUT2D eigenvalue weighted by atomic mass is 10.0. The Hall–Kier alpha value is -3.33. The van der Waals surface area contributed by atoms with Gasteiger partial charge in [0.2, 0.25) is 0 Å². The monoisotopic (exact) mass is 1070 g/mol. The van der Waals surface area contributed by atoms with Crippen LogP contribution in [0.5, 0.6) is 0 Å². The number of esters is 2. The van der Waals surface area contributed by atoms with Gasteiger partial charge in [0.15, 0.2) is 6.10 Å². The van der Waals surface area contributed by atoms with Gasteiger partial charge in [0, 0.05) is 19.4 Å². The van der Waals surface area contributed by atoms with Crippen molar-refractivity contribution in [2.24, 2.45) is 5.73 Å². The Kier molecular flexibility index (Phi) is 57.2. The minimum absolute atomic E-state index is 0.0476. The number of rotatable bonds is 56. The second-order valence-corrected chi connectivity index (χ2v) is 21.3. The van der Waals surface area contributed by atoms with Crippen LogP contribution in [0.15, 0.2) is 109 Å². The molecule has 0 aromatic heterocycles. The summed E-state index contributed by atoms with van der Waals surface area (Å²) in [7, 11) is -4.40. The normalized spacial score (nSPS) is 13.8. The third-order valence-corrected chi connectivity index (χ3v) is 13.6. The molecule has 0 amide bonds. The first kappa shape index (κ1) is 71.7. The zero-order valence-electron chi connectivity index (χ0n) is 48.0. The number of hydrogen-bond acceptors (Lipinski definition) is 8. The lowest BCUT2D eigenvalue weighted by Gasteiger charge is -2.19. The zero-order valence-corrected chi connectivity index (χ0v) is 48.9. The van der Waals surface area contributed by atoms with E-state index >= 15 is 0 Å². The van der Waals surface area contributed by atoms with Gasteiger partial charge in [0.25, 0.3) is 0 Å². The average molecular weight is 1070 g/mol. The highest BCUT2D eigenvalue weighted by Crippen LogP contribution is 2.43. The molecule has 0 aliphatic rings. The highest BCUT2D eigenvalue weighted by atomic mass is 31.2. The van der Waals surface area contributed by atoms with E-state index in [4.69, 9.17) is 24.3 Å². The third-order valence-electron chi connectivity index (χ3n) is 12.6. The Balaban J connectivity index is 3.93. The van der Waals surface area contributed by atoms with Crippen molar-refractivity contribution in [2.75, 3.05) is 26.4 Å². The fraction of sp³-hybridized carbons (Fsp3) is 0.692. The summed E-state index contributed by atoms with van der Waals surface area (Å²) in [6.45, 7) is 3.59. The van der Waals surface area contributed by atoms with Crippen LogP contribution in [0.4, 0.5) is 0 Å². The van der Waals surface area contributed by atoms with Crippen LogP contribution < -0.4 is 5.73 Å². The fourth-order valence-electron chi connectivity index (χ4n) is 8.18. The maximum Gasteiger partial charge on any atom is 0.472 e. The number of carbonyl (C=O) groups excluding carboxylic acids is 2. The quantitative estimate of drug-likeness (QED) is 0.0264. The van der Waals surface area contributed by atoms with Crippen molar-refractivity contribution in [1.82, 2.24) is 0 Å². The van der Waals surface area contributed by atoms with Gasteiger partial charge in [-0.3, -0.25) is 18.6 Å². The zero-order chi connectivity index (χ0) is 54.5. The van der Waals surface area contributed by atoms with Crippen LogP contribution in [-0.2, 0) is 32.7 Å². The summed E-state index contributed by atoms with van der Waals surface area (Å²) in [5.41, 5.74) is 5.38. The molecule has 0 rings (SSSR count). The Labute approximate surface area is 460 Å². The van der Waals surface area contributed by atoms with Crippen molar-refractivity contribution in [3.05, 3.63) is 109 Å². The second kappa shape index (κ2) is 59.9. The number of hydrogen-bond donors (Lipinski definition) is 2. The van der Waals surface area contributed by atoms with E-state index in [0.717, 1.165) is 96.3 Å². The van der Waals surface area contributed by atoms with Gasteiger partial charge in [-0.1, -0.05) is 252 Å². The average Bonchev–Trinajstić information content (AvgIpc) is 3.40. The first-order chi connectivity index (χ1) is 36.8. The van der Waals surface area contributed by atoms with Gasteiger partial charge in [0.1, 0.15) is 6.61 Å². The molecule has 9 nitrogen and oxygen atoms in total. The number of phosphoric ester groups is 1. The van der Waals surface area contributed by atoms with Crippen molar-refractivity contribution >= 4 is 19.8 Å². The molecule has 0 spiro atoms. The number of nitrogens with two attached hydrogens (primary N) is 1. The number of phosphoric acid groups is 1. The summed E-state index contributed by atoms with van der Waals surface area (Å²) >= 11 is 0. The van der Waals surface area contributed by atoms with Gasteiger partial charge in [-0.15, -0.1) is 0 Å². The molecule has 0 saturated carbocycles. The van der Waals surface area contributed by atoms with E-state index in [1.165, 1.54) is 122 Å². The molecule has 0 aliphatic heterocycles. The molecule has 0 radical (unpaired) electrons. The summed E-state index contributed by atoms with van der Waals surface area (Å²) in [5.74, 6) is -0.842. The topological polar surface area (TPSA) is 134 Å². The molecule has 3 N–H and O–H groups in total. The Morgan fingerprint density at radius 2 is 0.733 bits per heavy atom. The van der Waals surface area contributed by atoms with E-state index < -0.39 is 32.5 Å². The highest BCUT2D eigenvalue weighted by molar-refractivity contribution is 7.47. The predicted octanol–water partition coefficient (Wildman–Crippen LogP) is 19.4. The number of carbonyl (C=O) groups is 2. The molecular weight excluding hydrogens is 954 g/mol. The van der Waals surface area contributed by atoms with Gasteiger partial charge in [-0.2, -0.15) is 0 Å². The van der Waals surface area contributed by atoms with E-state index in [0.29, 0.717) is 12.8 Å². The summed E-state index contributed by atoms with van der Waals surface area (Å²) < 4.78 is 33.0. The van der Waals surface area contributed by atoms with Crippen LogP contribution in [0.3, 0.4) is 0 Å². The molecule has 10 heteroatoms. The molecule has 430 valence electrons. The maximum absolute atomic E-state index is 12.7. The van der Waals surface area contributed by atoms with Crippen LogP contribution in [0, 0.1) is 0 Å². The number of unbranched alkanes of at least 4 members (excludes halogenated alkanes) is 25. The van der Waals surface area contributed by atoms with E-state index in [1.54, 1.807) is 0 Å². The molecule has 2 unspecified atom stereocenters. The molecule has 0 aromatic rings. The summed E-state index contributed by atoms with van der Waals surface area (Å²) in [6, 6.07) is 0. The summed E-state index contributed by atoms with van der Waals surface area (Å²) in [4.78, 5) is 35.2. The van der Waals surface area contributed by atoms with Crippen molar-refractivity contribution in [2.45, 2.75) is 264 Å². The molecule has 75 heavy (non-hydrogen) atoms. The van der Waals surface area contributed by atoms with Crippen LogP contribution >= 0.6 is 7.82 Å². The SMILES string of the molecule is CC/C=C\C/C=C\C/C=C\C/C=C\C/C=C\C/C=C\CCCCCCCCCCCCCCCCCCC(=O)OC(COC(=O)CCCCCCCC/C=C\C/C=C\C/C=C\CCCCC)COP(=O)(O)OCCN. The van der Waals surface area contributed by atoms with Gasteiger partial charge >= 0.3 is 19.8 Å². The first-order valence-electron chi connectivity index (χ1n) is 30.4. The largest absolute Gasteiger partial charge is 0.472 e. The Morgan fingerprint density at radius 1 is 0.413 bits per heavy atom. The lowest BCUT2D eigenvalue weighted by Crippen LogP contribution is -2.29. The maximum atomic E-state index is 12.7. The van der Waals surface area contributed by atoms with Crippen molar-refractivity contribution < 1.29 is 37.6 Å². The summed E-state index contributed by atoms with van der Waals surface area (Å²) in [5, 5.41) is 0. The van der Waals surface area contributed by atoms with Gasteiger partial charge in [-0.05, 0) is 103 Å². The smallest absolute Gasteiger partial charge is 0.462 e. The van der Waals surface area contributed by atoms with E-state index in [-0.39, 0.29) is 32.6 Å². The number of ether oxygens (including phenoxy) is 2. The van der Waals surface area contributed by atoms with Crippen molar-refractivity contribution in [1.29, 1.82) is 0 Å². The van der Waals surface area contributed by atoms with Crippen molar-refractivity contribution in [3.8, 4) is 0 Å². The minimum atomic E-state index is -4.40. The molecule has 2 atom stereocenters. The predicted molar refractivity (Wildman–Crippen MR) is 321 cm³/mol. The molecular formula is C65H112NO8P. The molecule has 0 bridgehead atoms. The highest BCUT2D eigenvalue weighted by Gasteiger charge is 2.26. The number of allylic oxidation sites excluding steroid dienone is 18. The van der Waals surface area contributed by atoms with Gasteiger partial charge in [-0.25, -0.2) is 4.57 Å². The molecule has 0 aromatic carbocycles. The molecule has 0 heterocycles. The van der Waals surface area contributed by atoms with E-state index in [1.807, 2.05) is 0 Å². The van der Waals surface area contributed by atoms with E-state index in [9.17, 15) is 19.0 Å². The van der Waals surface area contributed by atoms with Gasteiger partial charge < -0.3 is 20.1 Å². The Bertz CT molecular complexity index is 1590. The second-order valence-electron chi connectivity index (χ2n) is 19.8. The molecule has 0 saturated heterocycles. The summed E-state index contributed by atoms with van der Waals surface area (Å²) in [6.07, 6.45) is 81.5. The van der Waals surface area contributed by atoms with Crippen molar-refractivity contribution in [3.63, 3.8) is 0 Å². The van der Waals surface area contributed by atoms with Crippen LogP contribution in [0.25, 0.3) is 0 Å². The van der Waals surface area contributed by atoms with E-state index in [2.05, 4.69) is 123 Å². The van der Waals surface area contributed by atoms with Crippen LogP contribution in [0.1, 0.15) is 258 Å². The first-order valence-corrected chi connectivity index (χ1v) is 31.9. The van der Waals surface area contributed by atoms with Crippen LogP contribution in [-0.4, -0.2) is 49.3 Å². The minimum Gasteiger partial charge on any atom is -0.462 e. The standard InChI is InChI=1S/C65H112NO8P/c1-3-5-7-9-11-13-15-17-19-21-23-24-25-26-27-28-29-30-31-32-33-34-35-36-37-38-40-42-44-46-48-50-52-54-56-58-65(68)74-63(62-73-75(69,70)72-60-59-66)61-71-64(67)57-55-53-51-49-47-45-43-41-39-22-20-18-16-14-12-10-8-6-4-2/h5,7,11-14,17-20,23-24,26-27,29-30,39,41,63H,3-4,6,8-10,15-16,21-22,25,28,31-38,40,42-62,66H2,1-2H3,(H,69,70)/b7-5-,13-11-,14-12-,19-17-,20-18-,24-23-,27-26-,30-29-,41-39-. The van der Waals surface area contributed by atoms with Crippen LogP contribution in [0.2, 0.25) is 0 Å². The molecule has 0 aliphatic carbocycles. The Morgan fingerprint density at radius 3 is 1.09 bits per heavy atom. The third kappa shape index (κ3) is 59.8.